The van der Waals surface area contributed by atoms with Crippen molar-refractivity contribution in [2.24, 2.45) is 5.41 Å². The Labute approximate surface area is 153 Å². The summed E-state index contributed by atoms with van der Waals surface area (Å²) in [6, 6.07) is 14.9. The molecule has 0 radical (unpaired) electrons. The molecule has 138 valence electrons. The molecule has 1 aliphatic heterocycles. The van der Waals surface area contributed by atoms with Crippen LogP contribution in [0.25, 0.3) is 10.8 Å². The average Bonchev–Trinajstić information content (AvgIpc) is 2.71. The fourth-order valence-electron chi connectivity index (χ4n) is 3.99. The standard InChI is InChI=1S/C21H25NO4/c1-15(17-10-6-8-16-7-4-5-9-18(16)17)22-13-11-21(12-14-22,19(23)25-2)20(24)26-3/h4-10,15H,11-14H2,1-3H3. The third-order valence-electron chi connectivity index (χ3n) is 5.63. The van der Waals surface area contributed by atoms with Crippen LogP contribution in [-0.2, 0) is 19.1 Å². The number of hydrogen-bond donors (Lipinski definition) is 0. The Morgan fingerprint density at radius 1 is 0.962 bits per heavy atom. The fraction of sp³-hybridized carbons (Fsp3) is 0.429. The van der Waals surface area contributed by atoms with Gasteiger partial charge in [0.15, 0.2) is 5.41 Å². The number of ether oxygens (including phenoxy) is 2. The first-order valence-electron chi connectivity index (χ1n) is 8.92. The Morgan fingerprint density at radius 3 is 2.15 bits per heavy atom. The lowest BCUT2D eigenvalue weighted by Crippen LogP contribution is -2.50. The smallest absolute Gasteiger partial charge is 0.323 e. The van der Waals surface area contributed by atoms with E-state index in [0.29, 0.717) is 25.9 Å². The van der Waals surface area contributed by atoms with Gasteiger partial charge >= 0.3 is 11.9 Å². The van der Waals surface area contributed by atoms with Crippen LogP contribution < -0.4 is 0 Å². The molecular weight excluding hydrogens is 330 g/mol. The second-order valence-electron chi connectivity index (χ2n) is 6.85. The number of methoxy groups -OCH3 is 2. The van der Waals surface area contributed by atoms with Crippen molar-refractivity contribution >= 4 is 22.7 Å². The van der Waals surface area contributed by atoms with Crippen molar-refractivity contribution in [3.8, 4) is 0 Å². The van der Waals surface area contributed by atoms with E-state index in [1.54, 1.807) is 0 Å². The Hall–Kier alpha value is -2.40. The molecular formula is C21H25NO4. The maximum absolute atomic E-state index is 12.3. The molecule has 1 unspecified atom stereocenters. The molecule has 0 saturated carbocycles. The van der Waals surface area contributed by atoms with Crippen molar-refractivity contribution in [1.82, 2.24) is 4.90 Å². The van der Waals surface area contributed by atoms with Crippen LogP contribution in [-0.4, -0.2) is 44.1 Å². The highest BCUT2D eigenvalue weighted by molar-refractivity contribution is 6.00. The summed E-state index contributed by atoms with van der Waals surface area (Å²) in [4.78, 5) is 26.8. The van der Waals surface area contributed by atoms with Crippen molar-refractivity contribution < 1.29 is 19.1 Å². The number of rotatable bonds is 4. The van der Waals surface area contributed by atoms with Gasteiger partial charge in [0.05, 0.1) is 14.2 Å². The zero-order chi connectivity index (χ0) is 18.7. The van der Waals surface area contributed by atoms with E-state index in [4.69, 9.17) is 9.47 Å². The van der Waals surface area contributed by atoms with E-state index in [1.165, 1.54) is 30.6 Å². The molecule has 1 heterocycles. The van der Waals surface area contributed by atoms with Gasteiger partial charge in [-0.1, -0.05) is 42.5 Å². The first kappa shape index (κ1) is 18.4. The summed E-state index contributed by atoms with van der Waals surface area (Å²) in [5.74, 6) is -0.997. The molecule has 1 atom stereocenters. The molecule has 3 rings (SSSR count). The van der Waals surface area contributed by atoms with E-state index in [-0.39, 0.29) is 6.04 Å². The Bertz CT molecular complexity index is 785. The van der Waals surface area contributed by atoms with Gasteiger partial charge < -0.3 is 9.47 Å². The third kappa shape index (κ3) is 3.07. The summed E-state index contributed by atoms with van der Waals surface area (Å²) in [7, 11) is 2.64. The van der Waals surface area contributed by atoms with Gasteiger partial charge in [0.1, 0.15) is 0 Å². The summed E-state index contributed by atoms with van der Waals surface area (Å²) in [5, 5.41) is 2.45. The predicted molar refractivity (Wildman–Crippen MR) is 99.6 cm³/mol. The fourth-order valence-corrected chi connectivity index (χ4v) is 3.99. The number of carbonyl (C=O) groups is 2. The molecule has 0 N–H and O–H groups in total. The molecule has 5 heteroatoms. The quantitative estimate of drug-likeness (QED) is 0.622. The lowest BCUT2D eigenvalue weighted by atomic mass is 9.77. The molecule has 26 heavy (non-hydrogen) atoms. The van der Waals surface area contributed by atoms with Crippen LogP contribution >= 0.6 is 0 Å². The van der Waals surface area contributed by atoms with Crippen LogP contribution in [0.4, 0.5) is 0 Å². The van der Waals surface area contributed by atoms with Crippen molar-refractivity contribution in [3.63, 3.8) is 0 Å². The van der Waals surface area contributed by atoms with Crippen molar-refractivity contribution in [1.29, 1.82) is 0 Å². The Balaban J connectivity index is 1.82. The molecule has 5 nitrogen and oxygen atoms in total. The summed E-state index contributed by atoms with van der Waals surface area (Å²) < 4.78 is 9.79. The Morgan fingerprint density at radius 2 is 1.54 bits per heavy atom. The highest BCUT2D eigenvalue weighted by Gasteiger charge is 2.50. The number of fused-ring (bicyclic) bond motifs is 1. The Kier molecular flexibility index (Phi) is 5.28. The maximum Gasteiger partial charge on any atom is 0.323 e. The highest BCUT2D eigenvalue weighted by Crippen LogP contribution is 2.38. The van der Waals surface area contributed by atoms with E-state index in [1.807, 2.05) is 12.1 Å². The zero-order valence-corrected chi connectivity index (χ0v) is 15.5. The third-order valence-corrected chi connectivity index (χ3v) is 5.63. The summed E-state index contributed by atoms with van der Waals surface area (Å²) in [6.45, 7) is 3.44. The molecule has 0 bridgehead atoms. The van der Waals surface area contributed by atoms with Gasteiger partial charge in [-0.05, 0) is 36.1 Å². The molecule has 2 aromatic carbocycles. The first-order chi connectivity index (χ1) is 12.5. The summed E-state index contributed by atoms with van der Waals surface area (Å²) in [5.41, 5.74) is 0.0742. The van der Waals surface area contributed by atoms with Crippen LogP contribution in [0.15, 0.2) is 42.5 Å². The van der Waals surface area contributed by atoms with Gasteiger partial charge in [-0.25, -0.2) is 0 Å². The van der Waals surface area contributed by atoms with Crippen molar-refractivity contribution in [2.75, 3.05) is 27.3 Å². The molecule has 0 aromatic heterocycles. The topological polar surface area (TPSA) is 55.8 Å². The first-order valence-corrected chi connectivity index (χ1v) is 8.92. The van der Waals surface area contributed by atoms with E-state index >= 15 is 0 Å². The number of hydrogen-bond acceptors (Lipinski definition) is 5. The van der Waals surface area contributed by atoms with Crippen molar-refractivity contribution in [3.05, 3.63) is 48.0 Å². The van der Waals surface area contributed by atoms with E-state index in [9.17, 15) is 9.59 Å². The minimum Gasteiger partial charge on any atom is -0.468 e. The van der Waals surface area contributed by atoms with E-state index in [2.05, 4.69) is 42.2 Å². The van der Waals surface area contributed by atoms with Gasteiger partial charge in [-0.3, -0.25) is 14.5 Å². The van der Waals surface area contributed by atoms with Crippen LogP contribution in [0, 0.1) is 5.41 Å². The van der Waals surface area contributed by atoms with Gasteiger partial charge in [0.2, 0.25) is 0 Å². The number of piperidine rings is 1. The van der Waals surface area contributed by atoms with Crippen LogP contribution in [0.5, 0.6) is 0 Å². The van der Waals surface area contributed by atoms with Crippen LogP contribution in [0.3, 0.4) is 0 Å². The molecule has 2 aromatic rings. The predicted octanol–water partition coefficient (Wildman–Crippen LogP) is 3.33. The number of benzene rings is 2. The molecule has 0 spiro atoms. The summed E-state index contributed by atoms with van der Waals surface area (Å²) in [6.07, 6.45) is 0.808. The van der Waals surface area contributed by atoms with Gasteiger partial charge in [-0.2, -0.15) is 0 Å². The highest BCUT2D eigenvalue weighted by atomic mass is 16.5. The molecule has 0 amide bonds. The monoisotopic (exact) mass is 355 g/mol. The molecule has 1 fully saturated rings. The normalized spacial score (nSPS) is 18.3. The lowest BCUT2D eigenvalue weighted by Gasteiger charge is -2.40. The van der Waals surface area contributed by atoms with Crippen LogP contribution in [0.2, 0.25) is 0 Å². The number of likely N-dealkylation sites (tertiary alicyclic amines) is 1. The lowest BCUT2D eigenvalue weighted by molar-refractivity contribution is -0.173. The van der Waals surface area contributed by atoms with Crippen molar-refractivity contribution in [2.45, 2.75) is 25.8 Å². The second-order valence-corrected chi connectivity index (χ2v) is 6.85. The van der Waals surface area contributed by atoms with E-state index < -0.39 is 17.4 Å². The van der Waals surface area contributed by atoms with Gasteiger partial charge in [0, 0.05) is 19.1 Å². The summed E-state index contributed by atoms with van der Waals surface area (Å²) >= 11 is 0. The second kappa shape index (κ2) is 7.46. The average molecular weight is 355 g/mol. The van der Waals surface area contributed by atoms with E-state index in [0.717, 1.165) is 0 Å². The molecule has 1 aliphatic rings. The maximum atomic E-state index is 12.3. The minimum absolute atomic E-state index is 0.189. The minimum atomic E-state index is -1.18. The molecule has 1 saturated heterocycles. The molecule has 0 aliphatic carbocycles. The van der Waals surface area contributed by atoms with Crippen LogP contribution in [0.1, 0.15) is 31.4 Å². The largest absolute Gasteiger partial charge is 0.468 e. The zero-order valence-electron chi connectivity index (χ0n) is 15.5. The van der Waals surface area contributed by atoms with Gasteiger partial charge in [-0.15, -0.1) is 0 Å². The van der Waals surface area contributed by atoms with Gasteiger partial charge in [0.25, 0.3) is 0 Å². The number of nitrogens with zero attached hydrogens (tertiary/aromatic N) is 1. The number of esters is 2. The number of carbonyl (C=O) groups excluding carboxylic acids is 2. The SMILES string of the molecule is COC(=O)C1(C(=O)OC)CCN(C(C)c2cccc3ccccc23)CC1.